The van der Waals surface area contributed by atoms with Gasteiger partial charge in [-0.3, -0.25) is 4.79 Å². The van der Waals surface area contributed by atoms with Crippen LogP contribution in [0.1, 0.15) is 32.6 Å². The fraction of sp³-hybridized carbons (Fsp3) is 0.833. The molecule has 2 heterocycles. The summed E-state index contributed by atoms with van der Waals surface area (Å²) >= 11 is 0. The molecule has 0 atom stereocenters. The topological polar surface area (TPSA) is 52.7 Å². The average molecular weight is 239 g/mol. The Labute approximate surface area is 102 Å². The highest BCUT2D eigenvalue weighted by Gasteiger charge is 2.45. The normalized spacial score (nSPS) is 23.1. The van der Waals surface area contributed by atoms with Gasteiger partial charge in [-0.2, -0.15) is 0 Å². The summed E-state index contributed by atoms with van der Waals surface area (Å²) in [4.78, 5) is 27.0. The molecule has 0 radical (unpaired) electrons. The van der Waals surface area contributed by atoms with Gasteiger partial charge in [0, 0.05) is 33.1 Å². The molecule has 2 saturated heterocycles. The molecule has 96 valence electrons. The molecule has 0 unspecified atom stereocenters. The molecule has 17 heavy (non-hydrogen) atoms. The minimum atomic E-state index is -0.0555. The summed E-state index contributed by atoms with van der Waals surface area (Å²) in [6, 6.07) is 0.0123. The number of likely N-dealkylation sites (N-methyl/N-ethyl adjacent to an activating group) is 1. The van der Waals surface area contributed by atoms with Gasteiger partial charge in [-0.05, 0) is 19.3 Å². The van der Waals surface area contributed by atoms with Crippen molar-refractivity contribution in [3.63, 3.8) is 0 Å². The van der Waals surface area contributed by atoms with Crippen LogP contribution >= 0.6 is 0 Å². The molecule has 1 N–H and O–H groups in total. The second-order valence-corrected chi connectivity index (χ2v) is 5.07. The van der Waals surface area contributed by atoms with E-state index in [1.807, 2.05) is 23.8 Å². The Kier molecular flexibility index (Phi) is 3.26. The Bertz CT molecular complexity index is 322. The highest BCUT2D eigenvalue weighted by molar-refractivity contribution is 5.78. The maximum absolute atomic E-state index is 11.8. The van der Waals surface area contributed by atoms with Crippen LogP contribution in [0.15, 0.2) is 0 Å². The van der Waals surface area contributed by atoms with Gasteiger partial charge in [0.05, 0.1) is 5.54 Å². The summed E-state index contributed by atoms with van der Waals surface area (Å²) in [5, 5.41) is 2.88. The van der Waals surface area contributed by atoms with Crippen LogP contribution in [0.3, 0.4) is 0 Å². The zero-order valence-corrected chi connectivity index (χ0v) is 10.7. The van der Waals surface area contributed by atoms with Gasteiger partial charge >= 0.3 is 6.03 Å². The predicted octanol–water partition coefficient (Wildman–Crippen LogP) is 0.803. The molecule has 1 spiro atoms. The quantitative estimate of drug-likeness (QED) is 0.775. The fourth-order valence-electron chi connectivity index (χ4n) is 2.75. The third kappa shape index (κ3) is 2.10. The molecule has 3 amide bonds. The molecule has 0 aliphatic carbocycles. The summed E-state index contributed by atoms with van der Waals surface area (Å²) in [6.07, 6.45) is 3.32. The van der Waals surface area contributed by atoms with Gasteiger partial charge in [-0.25, -0.2) is 4.79 Å². The van der Waals surface area contributed by atoms with E-state index in [0.29, 0.717) is 6.42 Å². The number of nitrogens with zero attached hydrogens (tertiary/aromatic N) is 2. The summed E-state index contributed by atoms with van der Waals surface area (Å²) in [6.45, 7) is 4.30. The van der Waals surface area contributed by atoms with Crippen LogP contribution in [-0.2, 0) is 4.79 Å². The first-order chi connectivity index (χ1) is 8.09. The number of piperidine rings is 1. The second-order valence-electron chi connectivity index (χ2n) is 5.07. The Balaban J connectivity index is 1.94. The zero-order chi connectivity index (χ0) is 12.5. The summed E-state index contributed by atoms with van der Waals surface area (Å²) in [7, 11) is 1.85. The van der Waals surface area contributed by atoms with Gasteiger partial charge in [-0.1, -0.05) is 6.92 Å². The predicted molar refractivity (Wildman–Crippen MR) is 64.6 cm³/mol. The SMILES string of the molecule is CCCC(=O)N1CCC2(CC1)CNC(=O)N2C. The highest BCUT2D eigenvalue weighted by Crippen LogP contribution is 2.31. The fourth-order valence-corrected chi connectivity index (χ4v) is 2.75. The molecule has 5 nitrogen and oxygen atoms in total. The Morgan fingerprint density at radius 3 is 2.53 bits per heavy atom. The third-order valence-electron chi connectivity index (χ3n) is 4.10. The van der Waals surface area contributed by atoms with Crippen LogP contribution in [0.4, 0.5) is 4.79 Å². The number of carbonyl (C=O) groups is 2. The Hall–Kier alpha value is -1.26. The molecule has 0 saturated carbocycles. The molecule has 0 bridgehead atoms. The van der Waals surface area contributed by atoms with Crippen molar-refractivity contribution >= 4 is 11.9 Å². The van der Waals surface area contributed by atoms with Gasteiger partial charge in [0.1, 0.15) is 0 Å². The van der Waals surface area contributed by atoms with Gasteiger partial charge in [0.2, 0.25) is 5.91 Å². The molecule has 5 heteroatoms. The lowest BCUT2D eigenvalue weighted by Gasteiger charge is -2.42. The van der Waals surface area contributed by atoms with E-state index in [9.17, 15) is 9.59 Å². The van der Waals surface area contributed by atoms with E-state index in [1.165, 1.54) is 0 Å². The molecule has 2 aliphatic rings. The van der Waals surface area contributed by atoms with Crippen molar-refractivity contribution in [2.45, 2.75) is 38.1 Å². The number of amides is 3. The van der Waals surface area contributed by atoms with Crippen LogP contribution in [0.25, 0.3) is 0 Å². The molecule has 0 aromatic heterocycles. The lowest BCUT2D eigenvalue weighted by Crippen LogP contribution is -2.54. The molecule has 2 fully saturated rings. The molecular weight excluding hydrogens is 218 g/mol. The molecule has 2 rings (SSSR count). The van der Waals surface area contributed by atoms with E-state index in [1.54, 1.807) is 0 Å². The maximum atomic E-state index is 11.8. The van der Waals surface area contributed by atoms with Crippen molar-refractivity contribution in [3.05, 3.63) is 0 Å². The van der Waals surface area contributed by atoms with Gasteiger partial charge in [-0.15, -0.1) is 0 Å². The van der Waals surface area contributed by atoms with E-state index in [4.69, 9.17) is 0 Å². The van der Waals surface area contributed by atoms with E-state index < -0.39 is 0 Å². The van der Waals surface area contributed by atoms with E-state index in [-0.39, 0.29) is 17.5 Å². The number of urea groups is 1. The number of hydrogen-bond donors (Lipinski definition) is 1. The number of nitrogens with one attached hydrogen (secondary N) is 1. The summed E-state index contributed by atoms with van der Waals surface area (Å²) in [5.41, 5.74) is -0.0555. The average Bonchev–Trinajstić information content (AvgIpc) is 2.60. The zero-order valence-electron chi connectivity index (χ0n) is 10.7. The minimum Gasteiger partial charge on any atom is -0.343 e. The van der Waals surface area contributed by atoms with Crippen LogP contribution in [0, 0.1) is 0 Å². The van der Waals surface area contributed by atoms with Crippen molar-refractivity contribution < 1.29 is 9.59 Å². The van der Waals surface area contributed by atoms with Crippen molar-refractivity contribution in [3.8, 4) is 0 Å². The smallest absolute Gasteiger partial charge is 0.317 e. The monoisotopic (exact) mass is 239 g/mol. The third-order valence-corrected chi connectivity index (χ3v) is 4.10. The van der Waals surface area contributed by atoms with Gasteiger partial charge in [0.25, 0.3) is 0 Å². The summed E-state index contributed by atoms with van der Waals surface area (Å²) in [5.74, 6) is 0.252. The molecule has 0 aromatic carbocycles. The number of likely N-dealkylation sites (tertiary alicyclic amines) is 1. The van der Waals surface area contributed by atoms with Crippen molar-refractivity contribution in [1.82, 2.24) is 15.1 Å². The second kappa shape index (κ2) is 4.55. The lowest BCUT2D eigenvalue weighted by atomic mass is 9.87. The number of carbonyl (C=O) groups excluding carboxylic acids is 2. The number of hydrogen-bond acceptors (Lipinski definition) is 2. The van der Waals surface area contributed by atoms with Crippen LogP contribution in [0.5, 0.6) is 0 Å². The van der Waals surface area contributed by atoms with Crippen molar-refractivity contribution in [2.75, 3.05) is 26.7 Å². The first-order valence-corrected chi connectivity index (χ1v) is 6.38. The van der Waals surface area contributed by atoms with E-state index in [2.05, 4.69) is 5.32 Å². The highest BCUT2D eigenvalue weighted by atomic mass is 16.2. The van der Waals surface area contributed by atoms with Crippen LogP contribution < -0.4 is 5.32 Å². The molecule has 0 aromatic rings. The Morgan fingerprint density at radius 1 is 1.41 bits per heavy atom. The van der Waals surface area contributed by atoms with Gasteiger partial charge < -0.3 is 15.1 Å². The Morgan fingerprint density at radius 2 is 2.06 bits per heavy atom. The first-order valence-electron chi connectivity index (χ1n) is 6.38. The van der Waals surface area contributed by atoms with E-state index >= 15 is 0 Å². The van der Waals surface area contributed by atoms with Crippen LogP contribution in [-0.4, -0.2) is 54.0 Å². The van der Waals surface area contributed by atoms with Crippen LogP contribution in [0.2, 0.25) is 0 Å². The first kappa shape index (κ1) is 12.2. The van der Waals surface area contributed by atoms with Crippen molar-refractivity contribution in [1.29, 1.82) is 0 Å². The number of rotatable bonds is 2. The minimum absolute atomic E-state index is 0.0123. The maximum Gasteiger partial charge on any atom is 0.317 e. The van der Waals surface area contributed by atoms with Gasteiger partial charge in [0.15, 0.2) is 0 Å². The largest absolute Gasteiger partial charge is 0.343 e. The van der Waals surface area contributed by atoms with Crippen molar-refractivity contribution in [2.24, 2.45) is 0 Å². The summed E-state index contributed by atoms with van der Waals surface area (Å²) < 4.78 is 0. The van der Waals surface area contributed by atoms with E-state index in [0.717, 1.165) is 38.9 Å². The molecule has 2 aliphatic heterocycles. The standard InChI is InChI=1S/C12H21N3O2/c1-3-4-10(16)15-7-5-12(6-8-15)9-13-11(17)14(12)2/h3-9H2,1-2H3,(H,13,17). The lowest BCUT2D eigenvalue weighted by molar-refractivity contribution is -0.133. The molecular formula is C12H21N3O2.